The molecule has 4 rings (SSSR count). The third-order valence-corrected chi connectivity index (χ3v) is 4.78. The van der Waals surface area contributed by atoms with E-state index in [0.29, 0.717) is 35.7 Å². The number of carbonyl (C=O) groups is 1. The van der Waals surface area contributed by atoms with Crippen LogP contribution in [0.25, 0.3) is 11.3 Å². The molecule has 3 aromatic rings. The number of non-ortho nitro benzene ring substituents is 1. The Hall–Kier alpha value is -4.01. The molecule has 0 unspecified atom stereocenters. The van der Waals surface area contributed by atoms with Gasteiger partial charge in [0, 0.05) is 24.2 Å². The normalized spacial score (nSPS) is 12.5. The Kier molecular flexibility index (Phi) is 4.55. The molecule has 0 atom stereocenters. The van der Waals surface area contributed by atoms with Crippen molar-refractivity contribution in [1.82, 2.24) is 9.97 Å². The Balaban J connectivity index is 1.70. The predicted molar refractivity (Wildman–Crippen MR) is 105 cm³/mol. The number of amides is 1. The van der Waals surface area contributed by atoms with E-state index in [2.05, 4.69) is 9.97 Å². The van der Waals surface area contributed by atoms with Crippen LogP contribution in [-0.4, -0.2) is 34.5 Å². The van der Waals surface area contributed by atoms with Crippen LogP contribution in [0.15, 0.2) is 53.3 Å². The van der Waals surface area contributed by atoms with Gasteiger partial charge < -0.3 is 14.6 Å². The van der Waals surface area contributed by atoms with Gasteiger partial charge in [-0.05, 0) is 42.3 Å². The van der Waals surface area contributed by atoms with Gasteiger partial charge in [-0.2, -0.15) is 4.98 Å². The molecule has 146 valence electrons. The number of hydrogen-bond acceptors (Lipinski definition) is 6. The lowest BCUT2D eigenvalue weighted by Gasteiger charge is -2.17. The molecule has 0 radical (unpaired) electrons. The first-order valence-electron chi connectivity index (χ1n) is 8.81. The lowest BCUT2D eigenvalue weighted by atomic mass is 10.1. The third kappa shape index (κ3) is 3.45. The predicted octanol–water partition coefficient (Wildman–Crippen LogP) is 2.56. The fourth-order valence-electron chi connectivity index (χ4n) is 3.32. The van der Waals surface area contributed by atoms with Gasteiger partial charge in [0.1, 0.15) is 11.4 Å². The zero-order chi connectivity index (χ0) is 20.5. The van der Waals surface area contributed by atoms with Gasteiger partial charge in [-0.25, -0.2) is 4.79 Å². The van der Waals surface area contributed by atoms with Crippen LogP contribution < -0.4 is 15.3 Å². The zero-order valence-electron chi connectivity index (χ0n) is 15.4. The van der Waals surface area contributed by atoms with Crippen LogP contribution in [0.2, 0.25) is 0 Å². The number of aromatic nitrogens is 2. The van der Waals surface area contributed by atoms with Crippen LogP contribution in [0, 0.1) is 10.1 Å². The maximum absolute atomic E-state index is 13.1. The minimum atomic E-state index is -0.653. The molecule has 9 nitrogen and oxygen atoms in total. The van der Waals surface area contributed by atoms with E-state index in [4.69, 9.17) is 4.74 Å². The minimum Gasteiger partial charge on any atom is -0.497 e. The second-order valence-electron chi connectivity index (χ2n) is 6.49. The van der Waals surface area contributed by atoms with Crippen LogP contribution in [0.5, 0.6) is 5.75 Å². The van der Waals surface area contributed by atoms with E-state index in [1.54, 1.807) is 37.4 Å². The Morgan fingerprint density at radius 2 is 1.97 bits per heavy atom. The summed E-state index contributed by atoms with van der Waals surface area (Å²) in [7, 11) is 1.55. The number of carbonyl (C=O) groups excluding carboxylic acids is 1. The lowest BCUT2D eigenvalue weighted by molar-refractivity contribution is -0.384. The van der Waals surface area contributed by atoms with Crippen LogP contribution >= 0.6 is 0 Å². The second kappa shape index (κ2) is 7.19. The topological polar surface area (TPSA) is 118 Å². The molecular formula is C20H16N4O5. The van der Waals surface area contributed by atoms with Gasteiger partial charge in [0.2, 0.25) is 0 Å². The average Bonchev–Trinajstić information content (AvgIpc) is 3.16. The number of nitrogens with zero attached hydrogens (tertiary/aromatic N) is 3. The molecule has 0 saturated heterocycles. The molecule has 1 amide bonds. The Morgan fingerprint density at radius 1 is 1.21 bits per heavy atom. The Bertz CT molecular complexity index is 1170. The molecule has 2 aromatic carbocycles. The number of rotatable bonds is 4. The van der Waals surface area contributed by atoms with Crippen LogP contribution in [0.1, 0.15) is 16.1 Å². The minimum absolute atomic E-state index is 0.0650. The number of H-pyrrole nitrogens is 1. The van der Waals surface area contributed by atoms with Gasteiger partial charge >= 0.3 is 5.69 Å². The highest BCUT2D eigenvalue weighted by atomic mass is 16.6. The highest BCUT2D eigenvalue weighted by Crippen LogP contribution is 2.32. The molecule has 0 aliphatic carbocycles. The van der Waals surface area contributed by atoms with E-state index in [9.17, 15) is 19.7 Å². The number of benzene rings is 2. The number of nitro groups is 1. The average molecular weight is 392 g/mol. The maximum atomic E-state index is 13.1. The number of aromatic amines is 1. The van der Waals surface area contributed by atoms with Gasteiger partial charge in [0.25, 0.3) is 11.6 Å². The zero-order valence-corrected chi connectivity index (χ0v) is 15.4. The first-order chi connectivity index (χ1) is 14.0. The van der Waals surface area contributed by atoms with Gasteiger partial charge in [-0.3, -0.25) is 14.9 Å². The van der Waals surface area contributed by atoms with E-state index in [-0.39, 0.29) is 11.4 Å². The van der Waals surface area contributed by atoms with Crippen molar-refractivity contribution in [3.05, 3.63) is 80.4 Å². The molecule has 1 aromatic heterocycles. The van der Waals surface area contributed by atoms with Crippen molar-refractivity contribution < 1.29 is 14.5 Å². The van der Waals surface area contributed by atoms with Crippen molar-refractivity contribution in [3.8, 4) is 17.0 Å². The van der Waals surface area contributed by atoms with Crippen LogP contribution in [-0.2, 0) is 6.42 Å². The number of nitrogens with one attached hydrogen (secondary N) is 1. The largest absolute Gasteiger partial charge is 0.497 e. The van der Waals surface area contributed by atoms with Crippen LogP contribution in [0.3, 0.4) is 0 Å². The van der Waals surface area contributed by atoms with E-state index in [1.807, 2.05) is 0 Å². The highest BCUT2D eigenvalue weighted by molar-refractivity contribution is 6.06. The standard InChI is InChI=1S/C20H16N4O5/c1-29-15-6-3-12(4-7-15)16-11-17(22-20(26)21-16)19(25)23-9-8-13-2-5-14(24(27)28)10-18(13)23/h2-7,10-11H,8-9H2,1H3,(H,21,22,26). The smallest absolute Gasteiger partial charge is 0.346 e. The molecule has 0 bridgehead atoms. The van der Waals surface area contributed by atoms with Gasteiger partial charge in [-0.15, -0.1) is 0 Å². The number of anilines is 1. The summed E-state index contributed by atoms with van der Waals surface area (Å²) >= 11 is 0. The Labute approximate surface area is 164 Å². The summed E-state index contributed by atoms with van der Waals surface area (Å²) in [5, 5.41) is 11.1. The van der Waals surface area contributed by atoms with Crippen molar-refractivity contribution in [3.63, 3.8) is 0 Å². The number of nitro benzene ring substituents is 1. The molecule has 2 heterocycles. The Morgan fingerprint density at radius 3 is 2.66 bits per heavy atom. The fourth-order valence-corrected chi connectivity index (χ4v) is 3.32. The monoisotopic (exact) mass is 392 g/mol. The molecule has 1 aliphatic heterocycles. The fraction of sp³-hybridized carbons (Fsp3) is 0.150. The number of hydrogen-bond donors (Lipinski definition) is 1. The molecular weight excluding hydrogens is 376 g/mol. The SMILES string of the molecule is COc1ccc(-c2cc(C(=O)N3CCc4ccc([N+](=O)[O-])cc43)[nH]c(=O)n2)cc1. The van der Waals surface area contributed by atoms with Gasteiger partial charge in [0.15, 0.2) is 0 Å². The van der Waals surface area contributed by atoms with Crippen LogP contribution in [0.4, 0.5) is 11.4 Å². The number of fused-ring (bicyclic) bond motifs is 1. The first-order valence-corrected chi connectivity index (χ1v) is 8.81. The number of methoxy groups -OCH3 is 1. The molecule has 1 N–H and O–H groups in total. The van der Waals surface area contributed by atoms with Crippen molar-refractivity contribution in [2.24, 2.45) is 0 Å². The first kappa shape index (κ1) is 18.4. The van der Waals surface area contributed by atoms with Crippen molar-refractivity contribution in [2.45, 2.75) is 6.42 Å². The van der Waals surface area contributed by atoms with Crippen molar-refractivity contribution in [1.29, 1.82) is 0 Å². The quantitative estimate of drug-likeness (QED) is 0.538. The summed E-state index contributed by atoms with van der Waals surface area (Å²) in [6.07, 6.45) is 0.583. The summed E-state index contributed by atoms with van der Waals surface area (Å²) in [5.74, 6) is 0.212. The summed E-state index contributed by atoms with van der Waals surface area (Å²) in [6.45, 7) is 0.373. The summed E-state index contributed by atoms with van der Waals surface area (Å²) in [6, 6.07) is 12.9. The summed E-state index contributed by atoms with van der Waals surface area (Å²) in [5.41, 5.74) is 1.64. The lowest BCUT2D eigenvalue weighted by Crippen LogP contribution is -2.31. The van der Waals surface area contributed by atoms with E-state index < -0.39 is 16.5 Å². The molecule has 0 spiro atoms. The van der Waals surface area contributed by atoms with E-state index >= 15 is 0 Å². The van der Waals surface area contributed by atoms with Crippen molar-refractivity contribution >= 4 is 17.3 Å². The second-order valence-corrected chi connectivity index (χ2v) is 6.49. The maximum Gasteiger partial charge on any atom is 0.346 e. The summed E-state index contributed by atoms with van der Waals surface area (Å²) in [4.78, 5) is 43.5. The summed E-state index contributed by atoms with van der Waals surface area (Å²) < 4.78 is 5.12. The molecule has 0 saturated carbocycles. The highest BCUT2D eigenvalue weighted by Gasteiger charge is 2.28. The van der Waals surface area contributed by atoms with Gasteiger partial charge in [0.05, 0.1) is 23.4 Å². The molecule has 1 aliphatic rings. The van der Waals surface area contributed by atoms with Gasteiger partial charge in [-0.1, -0.05) is 6.07 Å². The molecule has 0 fully saturated rings. The van der Waals surface area contributed by atoms with E-state index in [0.717, 1.165) is 5.56 Å². The van der Waals surface area contributed by atoms with Crippen molar-refractivity contribution in [2.75, 3.05) is 18.6 Å². The molecule has 29 heavy (non-hydrogen) atoms. The number of ether oxygens (including phenoxy) is 1. The van der Waals surface area contributed by atoms with E-state index in [1.165, 1.54) is 23.1 Å². The third-order valence-electron chi connectivity index (χ3n) is 4.78. The molecule has 9 heteroatoms.